The highest BCUT2D eigenvalue weighted by Gasteiger charge is 2.22. The van der Waals surface area contributed by atoms with Gasteiger partial charge in [-0.15, -0.1) is 11.3 Å². The maximum absolute atomic E-state index is 12.7. The number of hydrogen-bond donors (Lipinski definition) is 2. The number of rotatable bonds is 8. The molecule has 2 aromatic carbocycles. The summed E-state index contributed by atoms with van der Waals surface area (Å²) in [7, 11) is 1.67. The molecule has 6 heteroatoms. The van der Waals surface area contributed by atoms with Crippen molar-refractivity contribution in [3.05, 3.63) is 87.6 Å². The third-order valence-electron chi connectivity index (χ3n) is 5.01. The standard InChI is InChI=1S/C24H27N3O2S/c1-17-11-12-18(2)20(14-17)26-22(28)16-27(3)23(29)15-25-24(21-10-7-13-30-21)19-8-5-4-6-9-19/h4-14,24-25H,15-16H2,1-3H3,(H,26,28)/p+1/t24-/m0/s1. The largest absolute Gasteiger partial charge is 0.332 e. The van der Waals surface area contributed by atoms with E-state index in [0.717, 1.165) is 22.4 Å². The molecule has 0 spiro atoms. The number of amides is 2. The van der Waals surface area contributed by atoms with Crippen molar-refractivity contribution < 1.29 is 14.9 Å². The van der Waals surface area contributed by atoms with E-state index in [1.165, 1.54) is 9.78 Å². The number of carbonyl (C=O) groups excluding carboxylic acids is 2. The summed E-state index contributed by atoms with van der Waals surface area (Å²) in [5.74, 6) is -0.277. The number of anilines is 1. The van der Waals surface area contributed by atoms with Crippen molar-refractivity contribution in [1.29, 1.82) is 0 Å². The molecule has 1 atom stereocenters. The Morgan fingerprint density at radius 3 is 2.53 bits per heavy atom. The average molecular weight is 423 g/mol. The molecule has 2 amide bonds. The van der Waals surface area contributed by atoms with Gasteiger partial charge in [0, 0.05) is 18.3 Å². The SMILES string of the molecule is Cc1ccc(C)c(NC(=O)CN(C)C(=O)C[NH2+][C@@H](c2ccccc2)c2cccs2)c1. The van der Waals surface area contributed by atoms with Gasteiger partial charge in [-0.05, 0) is 42.5 Å². The number of nitrogens with zero attached hydrogens (tertiary/aromatic N) is 1. The molecule has 0 fully saturated rings. The summed E-state index contributed by atoms with van der Waals surface area (Å²) in [4.78, 5) is 27.8. The van der Waals surface area contributed by atoms with Gasteiger partial charge in [-0.2, -0.15) is 0 Å². The van der Waals surface area contributed by atoms with Crippen LogP contribution in [0.5, 0.6) is 0 Å². The predicted molar refractivity (Wildman–Crippen MR) is 122 cm³/mol. The second-order valence-electron chi connectivity index (χ2n) is 7.46. The van der Waals surface area contributed by atoms with Crippen LogP contribution in [0.15, 0.2) is 66.0 Å². The van der Waals surface area contributed by atoms with Crippen LogP contribution in [0, 0.1) is 13.8 Å². The minimum atomic E-state index is -0.197. The second kappa shape index (κ2) is 10.2. The minimum Gasteiger partial charge on any atom is -0.332 e. The smallest absolute Gasteiger partial charge is 0.277 e. The topological polar surface area (TPSA) is 66.0 Å². The second-order valence-corrected chi connectivity index (χ2v) is 8.44. The van der Waals surface area contributed by atoms with Gasteiger partial charge in [0.2, 0.25) is 5.91 Å². The van der Waals surface area contributed by atoms with Gasteiger partial charge >= 0.3 is 0 Å². The molecule has 0 aliphatic rings. The highest BCUT2D eigenvalue weighted by Crippen LogP contribution is 2.22. The van der Waals surface area contributed by atoms with Gasteiger partial charge < -0.3 is 15.5 Å². The highest BCUT2D eigenvalue weighted by molar-refractivity contribution is 7.10. The molecule has 30 heavy (non-hydrogen) atoms. The fraction of sp³-hybridized carbons (Fsp3) is 0.250. The highest BCUT2D eigenvalue weighted by atomic mass is 32.1. The van der Waals surface area contributed by atoms with Crippen LogP contribution in [-0.4, -0.2) is 36.9 Å². The summed E-state index contributed by atoms with van der Waals surface area (Å²) in [6, 6.07) is 20.3. The summed E-state index contributed by atoms with van der Waals surface area (Å²) in [5, 5.41) is 6.99. The fourth-order valence-corrected chi connectivity index (χ4v) is 4.13. The van der Waals surface area contributed by atoms with Crippen molar-refractivity contribution in [2.75, 3.05) is 25.5 Å². The lowest BCUT2D eigenvalue weighted by atomic mass is 10.1. The van der Waals surface area contributed by atoms with Crippen molar-refractivity contribution in [3.63, 3.8) is 0 Å². The molecular weight excluding hydrogens is 394 g/mol. The summed E-state index contributed by atoms with van der Waals surface area (Å²) in [6.45, 7) is 4.23. The van der Waals surface area contributed by atoms with E-state index in [1.54, 1.807) is 18.4 Å². The summed E-state index contributed by atoms with van der Waals surface area (Å²) in [6.07, 6.45) is 0. The Balaban J connectivity index is 1.58. The van der Waals surface area contributed by atoms with E-state index >= 15 is 0 Å². The number of likely N-dealkylation sites (N-methyl/N-ethyl adjacent to an activating group) is 1. The number of aryl methyl sites for hydroxylation is 2. The van der Waals surface area contributed by atoms with Crippen LogP contribution in [0.25, 0.3) is 0 Å². The molecule has 3 N–H and O–H groups in total. The van der Waals surface area contributed by atoms with Crippen molar-refractivity contribution >= 4 is 28.8 Å². The normalized spacial score (nSPS) is 11.7. The van der Waals surface area contributed by atoms with Gasteiger partial charge in [0.05, 0.1) is 11.4 Å². The van der Waals surface area contributed by atoms with Crippen molar-refractivity contribution in [1.82, 2.24) is 4.90 Å². The van der Waals surface area contributed by atoms with Crippen LogP contribution >= 0.6 is 11.3 Å². The zero-order valence-electron chi connectivity index (χ0n) is 17.6. The predicted octanol–water partition coefficient (Wildman–Crippen LogP) is 3.11. The summed E-state index contributed by atoms with van der Waals surface area (Å²) >= 11 is 1.68. The molecule has 0 bridgehead atoms. The van der Waals surface area contributed by atoms with E-state index in [-0.39, 0.29) is 30.9 Å². The molecule has 1 heterocycles. The number of nitrogens with one attached hydrogen (secondary N) is 1. The fourth-order valence-electron chi connectivity index (χ4n) is 3.28. The van der Waals surface area contributed by atoms with Gasteiger partial charge in [0.15, 0.2) is 6.54 Å². The van der Waals surface area contributed by atoms with Crippen LogP contribution < -0.4 is 10.6 Å². The number of quaternary nitrogens is 1. The molecule has 1 aromatic heterocycles. The third-order valence-corrected chi connectivity index (χ3v) is 5.97. The lowest BCUT2D eigenvalue weighted by molar-refractivity contribution is -0.676. The number of hydrogen-bond acceptors (Lipinski definition) is 3. The molecule has 0 saturated carbocycles. The Kier molecular flexibility index (Phi) is 7.38. The molecule has 156 valence electrons. The number of nitrogens with two attached hydrogens (primary N) is 1. The Morgan fingerprint density at radius 1 is 1.07 bits per heavy atom. The van der Waals surface area contributed by atoms with E-state index in [1.807, 2.05) is 67.0 Å². The van der Waals surface area contributed by atoms with E-state index in [0.29, 0.717) is 0 Å². The van der Waals surface area contributed by atoms with Gasteiger partial charge in [0.1, 0.15) is 6.04 Å². The van der Waals surface area contributed by atoms with Gasteiger partial charge in [-0.25, -0.2) is 0 Å². The van der Waals surface area contributed by atoms with Crippen LogP contribution in [0.4, 0.5) is 5.69 Å². The number of thiophene rings is 1. The van der Waals surface area contributed by atoms with E-state index in [9.17, 15) is 9.59 Å². The molecule has 3 aromatic rings. The lowest BCUT2D eigenvalue weighted by Crippen LogP contribution is -2.87. The third kappa shape index (κ3) is 5.78. The Morgan fingerprint density at radius 2 is 1.83 bits per heavy atom. The molecule has 0 unspecified atom stereocenters. The molecule has 3 rings (SSSR count). The van der Waals surface area contributed by atoms with E-state index in [4.69, 9.17) is 0 Å². The van der Waals surface area contributed by atoms with E-state index < -0.39 is 0 Å². The van der Waals surface area contributed by atoms with Gasteiger partial charge in [-0.3, -0.25) is 9.59 Å². The van der Waals surface area contributed by atoms with Crippen molar-refractivity contribution in [3.8, 4) is 0 Å². The maximum Gasteiger partial charge on any atom is 0.277 e. The molecule has 0 saturated heterocycles. The van der Waals surface area contributed by atoms with Crippen molar-refractivity contribution in [2.24, 2.45) is 0 Å². The molecular formula is C24H28N3O2S+. The molecule has 0 aliphatic heterocycles. The number of carbonyl (C=O) groups is 2. The zero-order valence-corrected chi connectivity index (χ0v) is 18.4. The first-order valence-corrected chi connectivity index (χ1v) is 10.8. The van der Waals surface area contributed by atoms with Crippen LogP contribution in [0.3, 0.4) is 0 Å². The van der Waals surface area contributed by atoms with Crippen LogP contribution in [0.2, 0.25) is 0 Å². The summed E-state index contributed by atoms with van der Waals surface area (Å²) < 4.78 is 0. The molecule has 0 radical (unpaired) electrons. The monoisotopic (exact) mass is 422 g/mol. The van der Waals surface area contributed by atoms with Gasteiger partial charge in [0.25, 0.3) is 5.91 Å². The average Bonchev–Trinajstić information content (AvgIpc) is 3.26. The molecule has 5 nitrogen and oxygen atoms in total. The summed E-state index contributed by atoms with van der Waals surface area (Å²) in [5.41, 5.74) is 4.02. The minimum absolute atomic E-state index is 0.0229. The quantitative estimate of drug-likeness (QED) is 0.586. The maximum atomic E-state index is 12.7. The Labute approximate surface area is 181 Å². The zero-order chi connectivity index (χ0) is 21.5. The first-order chi connectivity index (χ1) is 14.4. The van der Waals surface area contributed by atoms with E-state index in [2.05, 4.69) is 23.5 Å². The number of benzene rings is 2. The van der Waals surface area contributed by atoms with Crippen molar-refractivity contribution in [2.45, 2.75) is 19.9 Å². The van der Waals surface area contributed by atoms with Gasteiger partial charge in [-0.1, -0.05) is 48.5 Å². The first kappa shape index (κ1) is 21.7. The Hall–Kier alpha value is -2.96. The molecule has 0 aliphatic carbocycles. The van der Waals surface area contributed by atoms with Crippen LogP contribution in [-0.2, 0) is 9.59 Å². The first-order valence-electron chi connectivity index (χ1n) is 9.97. The van der Waals surface area contributed by atoms with Crippen LogP contribution in [0.1, 0.15) is 27.6 Å². The Bertz CT molecular complexity index is 987. The lowest BCUT2D eigenvalue weighted by Gasteiger charge is -2.19.